The van der Waals surface area contributed by atoms with Gasteiger partial charge in [-0.2, -0.15) is 5.26 Å². The summed E-state index contributed by atoms with van der Waals surface area (Å²) in [5, 5.41) is 24.0. The van der Waals surface area contributed by atoms with Crippen LogP contribution >= 0.6 is 0 Å². The van der Waals surface area contributed by atoms with Crippen LogP contribution in [0.15, 0.2) is 36.0 Å². The van der Waals surface area contributed by atoms with Gasteiger partial charge in [-0.05, 0) is 18.2 Å². The highest BCUT2D eigenvalue weighted by Gasteiger charge is 2.19. The minimum atomic E-state index is -1.04. The molecule has 7 heteroatoms. The maximum atomic E-state index is 12.2. The van der Waals surface area contributed by atoms with Crippen molar-refractivity contribution in [3.05, 3.63) is 41.6 Å². The van der Waals surface area contributed by atoms with Crippen molar-refractivity contribution in [1.29, 1.82) is 5.26 Å². The zero-order chi connectivity index (χ0) is 15.9. The number of carbonyl (C=O) groups excluding carboxylic acids is 1. The van der Waals surface area contributed by atoms with E-state index in [0.717, 1.165) is 0 Å². The molecular formula is C15H16N4O3. The topological polar surface area (TPSA) is 105 Å². The van der Waals surface area contributed by atoms with E-state index in [-0.39, 0.29) is 17.0 Å². The molecule has 0 atom stereocenters. The molecule has 0 unspecified atom stereocenters. The molecule has 1 amide bonds. The predicted octanol–water partition coefficient (Wildman–Crippen LogP) is 0.636. The number of nitrogens with zero attached hydrogens (tertiary/aromatic N) is 2. The summed E-state index contributed by atoms with van der Waals surface area (Å²) in [4.78, 5) is 24.7. The van der Waals surface area contributed by atoms with Crippen molar-refractivity contribution < 1.29 is 14.7 Å². The fourth-order valence-electron chi connectivity index (χ4n) is 2.08. The number of carboxylic acids is 1. The molecule has 2 rings (SSSR count). The van der Waals surface area contributed by atoms with E-state index in [1.807, 2.05) is 6.07 Å². The van der Waals surface area contributed by atoms with Gasteiger partial charge in [0.15, 0.2) is 0 Å². The van der Waals surface area contributed by atoms with E-state index in [1.54, 1.807) is 17.0 Å². The summed E-state index contributed by atoms with van der Waals surface area (Å²) < 4.78 is 0. The Bertz CT molecular complexity index is 642. The predicted molar refractivity (Wildman–Crippen MR) is 80.2 cm³/mol. The number of rotatable bonds is 4. The molecule has 114 valence electrons. The molecule has 1 heterocycles. The first kappa shape index (κ1) is 15.5. The minimum Gasteiger partial charge on any atom is -0.478 e. The van der Waals surface area contributed by atoms with Crippen LogP contribution in [0.1, 0.15) is 10.4 Å². The molecule has 0 bridgehead atoms. The highest BCUT2D eigenvalue weighted by Crippen LogP contribution is 2.12. The summed E-state index contributed by atoms with van der Waals surface area (Å²) in [5.41, 5.74) is 0.619. The molecular weight excluding hydrogens is 284 g/mol. The van der Waals surface area contributed by atoms with E-state index >= 15 is 0 Å². The van der Waals surface area contributed by atoms with E-state index in [0.29, 0.717) is 31.9 Å². The number of hydrogen-bond acceptors (Lipinski definition) is 5. The molecule has 1 aromatic carbocycles. The summed E-state index contributed by atoms with van der Waals surface area (Å²) >= 11 is 0. The number of anilines is 1. The van der Waals surface area contributed by atoms with Gasteiger partial charge in [0.25, 0.3) is 5.91 Å². The Kier molecular flexibility index (Phi) is 5.11. The van der Waals surface area contributed by atoms with E-state index in [2.05, 4.69) is 10.6 Å². The summed E-state index contributed by atoms with van der Waals surface area (Å²) in [6.07, 6.45) is 1.31. The van der Waals surface area contributed by atoms with Gasteiger partial charge in [-0.1, -0.05) is 6.07 Å². The molecule has 7 nitrogen and oxygen atoms in total. The van der Waals surface area contributed by atoms with Gasteiger partial charge >= 0.3 is 5.97 Å². The van der Waals surface area contributed by atoms with Crippen molar-refractivity contribution in [2.75, 3.05) is 31.5 Å². The largest absolute Gasteiger partial charge is 0.478 e. The standard InChI is InChI=1S/C15H16N4O3/c16-9-12(14(20)19-6-4-17-5-7-19)10-18-13-3-1-2-11(8-13)15(21)22/h1-3,8,10,17-18H,4-7H2,(H,21,22)/b12-10-. The van der Waals surface area contributed by atoms with Gasteiger partial charge in [0.2, 0.25) is 0 Å². The van der Waals surface area contributed by atoms with Gasteiger partial charge in [-0.3, -0.25) is 4.79 Å². The third-order valence-corrected chi connectivity index (χ3v) is 3.25. The van der Waals surface area contributed by atoms with Crippen LogP contribution in [-0.4, -0.2) is 48.1 Å². The first-order valence-corrected chi connectivity index (χ1v) is 6.82. The maximum absolute atomic E-state index is 12.2. The number of aromatic carboxylic acids is 1. The Labute approximate surface area is 127 Å². The Morgan fingerprint density at radius 1 is 1.36 bits per heavy atom. The van der Waals surface area contributed by atoms with Gasteiger partial charge < -0.3 is 20.6 Å². The van der Waals surface area contributed by atoms with Crippen LogP contribution < -0.4 is 10.6 Å². The molecule has 1 fully saturated rings. The molecule has 1 aliphatic heterocycles. The number of amides is 1. The number of benzene rings is 1. The van der Waals surface area contributed by atoms with Crippen molar-refractivity contribution >= 4 is 17.6 Å². The summed E-state index contributed by atoms with van der Waals surface area (Å²) in [6, 6.07) is 8.02. The molecule has 0 aromatic heterocycles. The normalized spacial score (nSPS) is 15.0. The van der Waals surface area contributed by atoms with Gasteiger partial charge in [0.05, 0.1) is 5.56 Å². The molecule has 1 aromatic rings. The summed E-state index contributed by atoms with van der Waals surface area (Å²) in [6.45, 7) is 2.54. The van der Waals surface area contributed by atoms with E-state index in [1.165, 1.54) is 18.3 Å². The lowest BCUT2D eigenvalue weighted by molar-refractivity contribution is -0.127. The van der Waals surface area contributed by atoms with Crippen LogP contribution in [0, 0.1) is 11.3 Å². The second-order valence-electron chi connectivity index (χ2n) is 4.74. The van der Waals surface area contributed by atoms with Crippen LogP contribution in [0.5, 0.6) is 0 Å². The average Bonchev–Trinajstić information content (AvgIpc) is 2.56. The van der Waals surface area contributed by atoms with Gasteiger partial charge in [0, 0.05) is 38.1 Å². The third-order valence-electron chi connectivity index (χ3n) is 3.25. The molecule has 0 aliphatic carbocycles. The molecule has 0 radical (unpaired) electrons. The Morgan fingerprint density at radius 3 is 2.73 bits per heavy atom. The molecule has 1 saturated heterocycles. The van der Waals surface area contributed by atoms with Crippen LogP contribution in [0.4, 0.5) is 5.69 Å². The van der Waals surface area contributed by atoms with Crippen LogP contribution in [0.2, 0.25) is 0 Å². The first-order chi connectivity index (χ1) is 10.6. The van der Waals surface area contributed by atoms with Crippen molar-refractivity contribution in [2.45, 2.75) is 0 Å². The van der Waals surface area contributed by atoms with Gasteiger partial charge in [-0.25, -0.2) is 4.79 Å². The van der Waals surface area contributed by atoms with Crippen LogP contribution in [-0.2, 0) is 4.79 Å². The fourth-order valence-corrected chi connectivity index (χ4v) is 2.08. The SMILES string of the molecule is N#C/C(=C/Nc1cccc(C(=O)O)c1)C(=O)N1CCNCC1. The number of piperazine rings is 1. The molecule has 0 spiro atoms. The number of carboxylic acid groups (broad SMARTS) is 1. The second kappa shape index (κ2) is 7.24. The highest BCUT2D eigenvalue weighted by molar-refractivity contribution is 5.97. The zero-order valence-corrected chi connectivity index (χ0v) is 11.9. The lowest BCUT2D eigenvalue weighted by atomic mass is 10.2. The van der Waals surface area contributed by atoms with Crippen molar-refractivity contribution in [2.24, 2.45) is 0 Å². The lowest BCUT2D eigenvalue weighted by Crippen LogP contribution is -2.46. The van der Waals surface area contributed by atoms with E-state index < -0.39 is 5.97 Å². The molecule has 0 saturated carbocycles. The fraction of sp³-hybridized carbons (Fsp3) is 0.267. The minimum absolute atomic E-state index is 0.0115. The van der Waals surface area contributed by atoms with E-state index in [4.69, 9.17) is 10.4 Å². The monoisotopic (exact) mass is 300 g/mol. The number of hydrogen-bond donors (Lipinski definition) is 3. The van der Waals surface area contributed by atoms with Crippen molar-refractivity contribution in [1.82, 2.24) is 10.2 Å². The van der Waals surface area contributed by atoms with Crippen LogP contribution in [0.25, 0.3) is 0 Å². The number of nitriles is 1. The summed E-state index contributed by atoms with van der Waals surface area (Å²) in [7, 11) is 0. The first-order valence-electron chi connectivity index (χ1n) is 6.82. The quantitative estimate of drug-likeness (QED) is 0.556. The number of nitrogens with one attached hydrogen (secondary N) is 2. The highest BCUT2D eigenvalue weighted by atomic mass is 16.4. The number of carbonyl (C=O) groups is 2. The molecule has 22 heavy (non-hydrogen) atoms. The maximum Gasteiger partial charge on any atom is 0.335 e. The Morgan fingerprint density at radius 2 is 2.09 bits per heavy atom. The van der Waals surface area contributed by atoms with Crippen molar-refractivity contribution in [3.8, 4) is 6.07 Å². The zero-order valence-electron chi connectivity index (χ0n) is 11.9. The lowest BCUT2D eigenvalue weighted by Gasteiger charge is -2.27. The summed E-state index contributed by atoms with van der Waals surface area (Å²) in [5.74, 6) is -1.36. The second-order valence-corrected chi connectivity index (χ2v) is 4.74. The van der Waals surface area contributed by atoms with Gasteiger partial charge in [0.1, 0.15) is 11.6 Å². The Hall–Kier alpha value is -2.85. The Balaban J connectivity index is 2.09. The molecule has 1 aliphatic rings. The van der Waals surface area contributed by atoms with Gasteiger partial charge in [-0.15, -0.1) is 0 Å². The van der Waals surface area contributed by atoms with Crippen molar-refractivity contribution in [3.63, 3.8) is 0 Å². The average molecular weight is 300 g/mol. The van der Waals surface area contributed by atoms with E-state index in [9.17, 15) is 9.59 Å². The third kappa shape index (κ3) is 3.84. The van der Waals surface area contributed by atoms with Crippen LogP contribution in [0.3, 0.4) is 0 Å². The smallest absolute Gasteiger partial charge is 0.335 e. The molecule has 3 N–H and O–H groups in total.